The van der Waals surface area contributed by atoms with Crippen LogP contribution < -0.4 is 5.32 Å². The number of carbonyl (C=O) groups is 2. The van der Waals surface area contributed by atoms with Crippen molar-refractivity contribution in [1.82, 2.24) is 10.2 Å². The highest BCUT2D eigenvalue weighted by atomic mass is 32.2. The maximum atomic E-state index is 13.3. The minimum atomic E-state index is -0.476. The van der Waals surface area contributed by atoms with Gasteiger partial charge in [0.1, 0.15) is 6.04 Å². The van der Waals surface area contributed by atoms with Crippen molar-refractivity contribution in [2.45, 2.75) is 72.3 Å². The Morgan fingerprint density at radius 3 is 2.26 bits per heavy atom. The molecule has 0 aliphatic heterocycles. The van der Waals surface area contributed by atoms with Gasteiger partial charge in [0, 0.05) is 18.3 Å². The molecule has 0 saturated heterocycles. The van der Waals surface area contributed by atoms with Crippen LogP contribution >= 0.6 is 11.8 Å². The van der Waals surface area contributed by atoms with Gasteiger partial charge in [0.25, 0.3) is 0 Å². The highest BCUT2D eigenvalue weighted by Crippen LogP contribution is 2.20. The van der Waals surface area contributed by atoms with Crippen LogP contribution in [0.3, 0.4) is 0 Å². The summed E-state index contributed by atoms with van der Waals surface area (Å²) >= 11 is 1.61. The summed E-state index contributed by atoms with van der Waals surface area (Å²) in [6.45, 7) is 12.5. The molecule has 5 heteroatoms. The molecular weight excluding hydrogens is 404 g/mol. The SMILES string of the molecule is CC[C@@H](C(=O)NC(C)C)N(Cc1ccccc1C)C(=O)CSCc1cc(C)cc(C)c1. The van der Waals surface area contributed by atoms with Crippen LogP contribution in [0.25, 0.3) is 0 Å². The predicted molar refractivity (Wildman–Crippen MR) is 131 cm³/mol. The molecule has 0 aromatic heterocycles. The van der Waals surface area contributed by atoms with Crippen LogP contribution in [0.5, 0.6) is 0 Å². The molecule has 1 atom stereocenters. The van der Waals surface area contributed by atoms with Gasteiger partial charge in [-0.1, -0.05) is 60.5 Å². The number of amides is 2. The van der Waals surface area contributed by atoms with Crippen LogP contribution in [0.2, 0.25) is 0 Å². The van der Waals surface area contributed by atoms with E-state index in [0.717, 1.165) is 16.9 Å². The second kappa shape index (κ2) is 11.9. The van der Waals surface area contributed by atoms with Gasteiger partial charge >= 0.3 is 0 Å². The smallest absolute Gasteiger partial charge is 0.243 e. The molecule has 0 fully saturated rings. The van der Waals surface area contributed by atoms with E-state index < -0.39 is 6.04 Å². The molecule has 2 aromatic carbocycles. The molecule has 2 amide bonds. The maximum Gasteiger partial charge on any atom is 0.243 e. The fourth-order valence-corrected chi connectivity index (χ4v) is 4.61. The highest BCUT2D eigenvalue weighted by molar-refractivity contribution is 7.99. The lowest BCUT2D eigenvalue weighted by atomic mass is 10.1. The monoisotopic (exact) mass is 440 g/mol. The number of hydrogen-bond acceptors (Lipinski definition) is 3. The Morgan fingerprint density at radius 2 is 1.68 bits per heavy atom. The molecular formula is C26H36N2O2S. The van der Waals surface area contributed by atoms with E-state index in [1.165, 1.54) is 16.7 Å². The first-order valence-corrected chi connectivity index (χ1v) is 12.2. The average molecular weight is 441 g/mol. The molecule has 0 bridgehead atoms. The molecule has 168 valence electrons. The molecule has 0 spiro atoms. The molecule has 0 heterocycles. The summed E-state index contributed by atoms with van der Waals surface area (Å²) in [7, 11) is 0. The summed E-state index contributed by atoms with van der Waals surface area (Å²) in [4.78, 5) is 27.9. The van der Waals surface area contributed by atoms with Crippen molar-refractivity contribution in [3.8, 4) is 0 Å². The van der Waals surface area contributed by atoms with Gasteiger partial charge in [0.15, 0.2) is 0 Å². The van der Waals surface area contributed by atoms with E-state index in [4.69, 9.17) is 0 Å². The third-order valence-electron chi connectivity index (χ3n) is 5.19. The molecule has 0 saturated carbocycles. The Hall–Kier alpha value is -2.27. The van der Waals surface area contributed by atoms with Gasteiger partial charge in [-0.25, -0.2) is 0 Å². The van der Waals surface area contributed by atoms with E-state index in [1.807, 2.05) is 52.0 Å². The average Bonchev–Trinajstić information content (AvgIpc) is 2.68. The summed E-state index contributed by atoms with van der Waals surface area (Å²) in [5.74, 6) is 1.05. The second-order valence-electron chi connectivity index (χ2n) is 8.52. The van der Waals surface area contributed by atoms with Crippen LogP contribution in [0.1, 0.15) is 55.0 Å². The quantitative estimate of drug-likeness (QED) is 0.554. The molecule has 2 aromatic rings. The first kappa shape index (κ1) is 25.0. The van der Waals surface area contributed by atoms with E-state index in [2.05, 4.69) is 37.4 Å². The van der Waals surface area contributed by atoms with Crippen LogP contribution in [0.4, 0.5) is 0 Å². The zero-order valence-corrected chi connectivity index (χ0v) is 20.5. The minimum Gasteiger partial charge on any atom is -0.352 e. The Morgan fingerprint density at radius 1 is 1.03 bits per heavy atom. The number of aryl methyl sites for hydroxylation is 3. The van der Waals surface area contributed by atoms with E-state index >= 15 is 0 Å². The normalized spacial score (nSPS) is 12.0. The standard InChI is InChI=1S/C26H36N2O2S/c1-7-24(26(30)27-18(2)3)28(15-23-11-9-8-10-21(23)6)25(29)17-31-16-22-13-19(4)12-20(5)14-22/h8-14,18,24H,7,15-17H2,1-6H3,(H,27,30)/t24-/m0/s1. The molecule has 2 rings (SSSR count). The fourth-order valence-electron chi connectivity index (χ4n) is 3.76. The first-order chi connectivity index (χ1) is 14.7. The number of nitrogens with one attached hydrogen (secondary N) is 1. The summed E-state index contributed by atoms with van der Waals surface area (Å²) in [6, 6.07) is 14.1. The maximum absolute atomic E-state index is 13.3. The van der Waals surface area contributed by atoms with Gasteiger partial charge in [0.2, 0.25) is 11.8 Å². The molecule has 31 heavy (non-hydrogen) atoms. The van der Waals surface area contributed by atoms with Crippen molar-refractivity contribution < 1.29 is 9.59 Å². The second-order valence-corrected chi connectivity index (χ2v) is 9.51. The lowest BCUT2D eigenvalue weighted by molar-refractivity contribution is -0.139. The zero-order chi connectivity index (χ0) is 23.0. The Balaban J connectivity index is 2.16. The minimum absolute atomic E-state index is 0.00313. The topological polar surface area (TPSA) is 49.4 Å². The Kier molecular flexibility index (Phi) is 9.63. The summed E-state index contributed by atoms with van der Waals surface area (Å²) in [5, 5.41) is 2.98. The van der Waals surface area contributed by atoms with E-state index in [1.54, 1.807) is 16.7 Å². The summed E-state index contributed by atoms with van der Waals surface area (Å²) in [5.41, 5.74) is 5.90. The number of nitrogens with zero attached hydrogens (tertiary/aromatic N) is 1. The van der Waals surface area contributed by atoms with Crippen LogP contribution in [0, 0.1) is 20.8 Å². The highest BCUT2D eigenvalue weighted by Gasteiger charge is 2.29. The number of thioether (sulfide) groups is 1. The lowest BCUT2D eigenvalue weighted by Crippen LogP contribution is -2.51. The van der Waals surface area contributed by atoms with Crippen molar-refractivity contribution >= 4 is 23.6 Å². The van der Waals surface area contributed by atoms with Crippen LogP contribution in [-0.2, 0) is 21.9 Å². The summed E-state index contributed by atoms with van der Waals surface area (Å²) < 4.78 is 0. The molecule has 0 unspecified atom stereocenters. The summed E-state index contributed by atoms with van der Waals surface area (Å²) in [6.07, 6.45) is 0.581. The van der Waals surface area contributed by atoms with Crippen LogP contribution in [0.15, 0.2) is 42.5 Å². The predicted octanol–water partition coefficient (Wildman–Crippen LogP) is 5.18. The van der Waals surface area contributed by atoms with Gasteiger partial charge in [-0.2, -0.15) is 0 Å². The van der Waals surface area contributed by atoms with E-state index in [-0.39, 0.29) is 17.9 Å². The zero-order valence-electron chi connectivity index (χ0n) is 19.7. The van der Waals surface area contributed by atoms with Gasteiger partial charge in [-0.3, -0.25) is 9.59 Å². The van der Waals surface area contributed by atoms with Gasteiger partial charge < -0.3 is 10.2 Å². The van der Waals surface area contributed by atoms with Crippen molar-refractivity contribution in [3.63, 3.8) is 0 Å². The van der Waals surface area contributed by atoms with Gasteiger partial charge in [-0.05, 0) is 57.7 Å². The molecule has 0 aliphatic carbocycles. The number of rotatable bonds is 10. The van der Waals surface area contributed by atoms with Crippen molar-refractivity contribution in [3.05, 3.63) is 70.3 Å². The lowest BCUT2D eigenvalue weighted by Gasteiger charge is -2.31. The van der Waals surface area contributed by atoms with Crippen molar-refractivity contribution in [1.29, 1.82) is 0 Å². The Labute approximate surface area is 191 Å². The largest absolute Gasteiger partial charge is 0.352 e. The first-order valence-electron chi connectivity index (χ1n) is 11.0. The van der Waals surface area contributed by atoms with Crippen molar-refractivity contribution in [2.24, 2.45) is 0 Å². The third kappa shape index (κ3) is 7.73. The fraction of sp³-hybridized carbons (Fsp3) is 0.462. The third-order valence-corrected chi connectivity index (χ3v) is 6.18. The number of benzene rings is 2. The van der Waals surface area contributed by atoms with Crippen molar-refractivity contribution in [2.75, 3.05) is 5.75 Å². The van der Waals surface area contributed by atoms with Gasteiger partial charge in [0.05, 0.1) is 5.75 Å². The Bertz CT molecular complexity index is 874. The molecule has 4 nitrogen and oxygen atoms in total. The molecule has 0 aliphatic rings. The van der Waals surface area contributed by atoms with Gasteiger partial charge in [-0.15, -0.1) is 11.8 Å². The number of carbonyl (C=O) groups excluding carboxylic acids is 2. The molecule has 1 N–H and O–H groups in total. The van der Waals surface area contributed by atoms with E-state index in [9.17, 15) is 9.59 Å². The van der Waals surface area contributed by atoms with E-state index in [0.29, 0.717) is 18.7 Å². The van der Waals surface area contributed by atoms with Crippen LogP contribution in [-0.4, -0.2) is 34.6 Å². The molecule has 0 radical (unpaired) electrons. The number of hydrogen-bond donors (Lipinski definition) is 1.